The molecule has 24 heavy (non-hydrogen) atoms. The average Bonchev–Trinajstić information content (AvgIpc) is 2.95. The fourth-order valence-corrected chi connectivity index (χ4v) is 4.72. The molecule has 2 aliphatic rings. The third-order valence-electron chi connectivity index (χ3n) is 5.02. The minimum Gasteiger partial charge on any atom is -0.379 e. The van der Waals surface area contributed by atoms with Gasteiger partial charge in [-0.05, 0) is 42.8 Å². The molecular weight excluding hydrogens is 325 g/mol. The highest BCUT2D eigenvalue weighted by molar-refractivity contribution is 7.99. The third kappa shape index (κ3) is 2.99. The molecule has 0 spiro atoms. The van der Waals surface area contributed by atoms with E-state index in [-0.39, 0.29) is 11.9 Å². The summed E-state index contributed by atoms with van der Waals surface area (Å²) in [6.45, 7) is 6.09. The highest BCUT2D eigenvalue weighted by Gasteiger charge is 2.30. The van der Waals surface area contributed by atoms with E-state index in [0.29, 0.717) is 0 Å². The molecule has 2 aromatic rings. The molecule has 1 N–H and O–H groups in total. The van der Waals surface area contributed by atoms with Crippen molar-refractivity contribution in [3.8, 4) is 0 Å². The molecule has 1 saturated heterocycles. The Bertz CT molecular complexity index is 725. The van der Waals surface area contributed by atoms with Crippen molar-refractivity contribution in [2.24, 2.45) is 0 Å². The first kappa shape index (κ1) is 16.1. The van der Waals surface area contributed by atoms with E-state index >= 15 is 0 Å². The Hall–Kier alpha value is -1.34. The zero-order chi connectivity index (χ0) is 16.7. The Kier molecular flexibility index (Phi) is 4.39. The van der Waals surface area contributed by atoms with Gasteiger partial charge in [0.15, 0.2) is 0 Å². The van der Waals surface area contributed by atoms with Crippen molar-refractivity contribution in [2.75, 3.05) is 26.2 Å². The molecule has 0 radical (unpaired) electrons. The first-order chi connectivity index (χ1) is 11.6. The van der Waals surface area contributed by atoms with Gasteiger partial charge in [-0.3, -0.25) is 9.80 Å². The highest BCUT2D eigenvalue weighted by Crippen LogP contribution is 2.40. The maximum atomic E-state index is 13.9. The van der Waals surface area contributed by atoms with Crippen LogP contribution in [0.3, 0.4) is 0 Å². The van der Waals surface area contributed by atoms with Crippen LogP contribution in [-0.4, -0.2) is 51.9 Å². The highest BCUT2D eigenvalue weighted by atomic mass is 32.2. The molecule has 6 heteroatoms. The zero-order valence-electron chi connectivity index (χ0n) is 13.7. The van der Waals surface area contributed by atoms with Crippen molar-refractivity contribution >= 4 is 11.8 Å². The minimum atomic E-state index is -0.405. The standard InChI is InChI=1S/C18H22FN3OS/c1-13(23)20-7-9-21(10-8-20)16-12-22-6-2-3-18(22)24-17-5-4-14(19)11-15(16)17/h2-6,11,13,16,23H,7-10,12H2,1H3. The van der Waals surface area contributed by atoms with Crippen LogP contribution in [0.15, 0.2) is 46.5 Å². The second kappa shape index (κ2) is 6.52. The van der Waals surface area contributed by atoms with Crippen molar-refractivity contribution in [3.63, 3.8) is 0 Å². The number of benzene rings is 1. The molecule has 2 aliphatic heterocycles. The van der Waals surface area contributed by atoms with Gasteiger partial charge in [-0.15, -0.1) is 0 Å². The van der Waals surface area contributed by atoms with Gasteiger partial charge in [0.25, 0.3) is 0 Å². The zero-order valence-corrected chi connectivity index (χ0v) is 14.5. The summed E-state index contributed by atoms with van der Waals surface area (Å²) >= 11 is 1.71. The van der Waals surface area contributed by atoms with Gasteiger partial charge in [0.1, 0.15) is 12.0 Å². The molecule has 1 aromatic carbocycles. The first-order valence-corrected chi connectivity index (χ1v) is 9.22. The Balaban J connectivity index is 1.66. The van der Waals surface area contributed by atoms with Crippen molar-refractivity contribution in [2.45, 2.75) is 35.7 Å². The maximum Gasteiger partial charge on any atom is 0.123 e. The largest absolute Gasteiger partial charge is 0.379 e. The average molecular weight is 347 g/mol. The van der Waals surface area contributed by atoms with Crippen LogP contribution >= 0.6 is 11.8 Å². The molecule has 0 saturated carbocycles. The lowest BCUT2D eigenvalue weighted by molar-refractivity contribution is -0.0232. The summed E-state index contributed by atoms with van der Waals surface area (Å²) in [5.41, 5.74) is 1.08. The summed E-state index contributed by atoms with van der Waals surface area (Å²) in [7, 11) is 0. The summed E-state index contributed by atoms with van der Waals surface area (Å²) in [6.07, 6.45) is 1.70. The van der Waals surface area contributed by atoms with Crippen LogP contribution in [0, 0.1) is 5.82 Å². The topological polar surface area (TPSA) is 31.6 Å². The van der Waals surface area contributed by atoms with E-state index in [1.807, 2.05) is 13.0 Å². The lowest BCUT2D eigenvalue weighted by Crippen LogP contribution is -2.51. The number of nitrogens with zero attached hydrogens (tertiary/aromatic N) is 3. The van der Waals surface area contributed by atoms with E-state index in [4.69, 9.17) is 0 Å². The van der Waals surface area contributed by atoms with Crippen LogP contribution < -0.4 is 0 Å². The lowest BCUT2D eigenvalue weighted by atomic mass is 10.0. The molecule has 4 nitrogen and oxygen atoms in total. The van der Waals surface area contributed by atoms with Crippen LogP contribution in [0.4, 0.5) is 4.39 Å². The van der Waals surface area contributed by atoms with Gasteiger partial charge in [-0.25, -0.2) is 4.39 Å². The maximum absolute atomic E-state index is 13.9. The Morgan fingerprint density at radius 3 is 2.75 bits per heavy atom. The molecule has 128 valence electrons. The quantitative estimate of drug-likeness (QED) is 0.905. The van der Waals surface area contributed by atoms with Crippen molar-refractivity contribution in [3.05, 3.63) is 47.9 Å². The summed E-state index contributed by atoms with van der Waals surface area (Å²) in [5, 5.41) is 11.0. The fraction of sp³-hybridized carbons (Fsp3) is 0.444. The van der Waals surface area contributed by atoms with E-state index in [1.54, 1.807) is 23.9 Å². The van der Waals surface area contributed by atoms with E-state index in [1.165, 1.54) is 5.03 Å². The van der Waals surface area contributed by atoms with Gasteiger partial charge >= 0.3 is 0 Å². The number of piperazine rings is 1. The van der Waals surface area contributed by atoms with Crippen LogP contribution in [-0.2, 0) is 6.54 Å². The number of rotatable bonds is 2. The summed E-state index contributed by atoms with van der Waals surface area (Å²) in [5.74, 6) is -0.173. The molecule has 2 atom stereocenters. The fourth-order valence-electron chi connectivity index (χ4n) is 3.65. The third-order valence-corrected chi connectivity index (χ3v) is 6.19. The van der Waals surface area contributed by atoms with Crippen LogP contribution in [0.25, 0.3) is 0 Å². The summed E-state index contributed by atoms with van der Waals surface area (Å²) in [4.78, 5) is 5.64. The lowest BCUT2D eigenvalue weighted by Gasteiger charge is -2.40. The van der Waals surface area contributed by atoms with Gasteiger partial charge in [0.05, 0.1) is 11.1 Å². The van der Waals surface area contributed by atoms with Gasteiger partial charge in [-0.2, -0.15) is 0 Å². The van der Waals surface area contributed by atoms with E-state index in [2.05, 4.69) is 32.7 Å². The molecule has 1 fully saturated rings. The normalized spacial score (nSPS) is 23.4. The van der Waals surface area contributed by atoms with Crippen molar-refractivity contribution in [1.82, 2.24) is 14.4 Å². The predicted octanol–water partition coefficient (Wildman–Crippen LogP) is 2.79. The van der Waals surface area contributed by atoms with Crippen LogP contribution in [0.1, 0.15) is 18.5 Å². The van der Waals surface area contributed by atoms with Crippen molar-refractivity contribution in [1.29, 1.82) is 0 Å². The smallest absolute Gasteiger partial charge is 0.123 e. The first-order valence-electron chi connectivity index (χ1n) is 8.40. The van der Waals surface area contributed by atoms with Gasteiger partial charge in [0, 0.05) is 43.8 Å². The van der Waals surface area contributed by atoms with E-state index < -0.39 is 6.23 Å². The van der Waals surface area contributed by atoms with Gasteiger partial charge in [-0.1, -0.05) is 11.8 Å². The van der Waals surface area contributed by atoms with Gasteiger partial charge in [0.2, 0.25) is 0 Å². The minimum absolute atomic E-state index is 0.160. The Morgan fingerprint density at radius 2 is 2.00 bits per heavy atom. The molecule has 0 amide bonds. The SMILES string of the molecule is CC(O)N1CCN(C2Cn3cccc3Sc3ccc(F)cc32)CC1. The molecular formula is C18H22FN3OS. The van der Waals surface area contributed by atoms with E-state index in [0.717, 1.165) is 43.2 Å². The number of aliphatic hydroxyl groups is 1. The van der Waals surface area contributed by atoms with Crippen molar-refractivity contribution < 1.29 is 9.50 Å². The number of halogens is 1. The second-order valence-electron chi connectivity index (χ2n) is 6.50. The van der Waals surface area contributed by atoms with Crippen LogP contribution in [0.5, 0.6) is 0 Å². The molecule has 0 bridgehead atoms. The monoisotopic (exact) mass is 347 g/mol. The van der Waals surface area contributed by atoms with Gasteiger partial charge < -0.3 is 9.67 Å². The Labute approximate surface area is 145 Å². The van der Waals surface area contributed by atoms with E-state index in [9.17, 15) is 9.50 Å². The predicted molar refractivity (Wildman–Crippen MR) is 92.5 cm³/mol. The number of aliphatic hydroxyl groups excluding tert-OH is 1. The second-order valence-corrected chi connectivity index (χ2v) is 7.56. The number of hydrogen-bond donors (Lipinski definition) is 1. The summed E-state index contributed by atoms with van der Waals surface area (Å²) < 4.78 is 16.2. The molecule has 1 aromatic heterocycles. The Morgan fingerprint density at radius 1 is 1.21 bits per heavy atom. The molecule has 4 rings (SSSR count). The number of aromatic nitrogens is 1. The number of hydrogen-bond acceptors (Lipinski definition) is 4. The molecule has 3 heterocycles. The van der Waals surface area contributed by atoms with Crippen LogP contribution in [0.2, 0.25) is 0 Å². The molecule has 0 aliphatic carbocycles. The molecule has 2 unspecified atom stereocenters. The summed E-state index contributed by atoms with van der Waals surface area (Å²) in [6, 6.07) is 9.49. The number of fused-ring (bicyclic) bond motifs is 2.